The minimum atomic E-state index is -0.621. The molecular formula is C29H16Br3ClFN3O3. The molecule has 0 radical (unpaired) electrons. The fraction of sp³-hybridized carbons (Fsp3) is 0. The van der Waals surface area contributed by atoms with Gasteiger partial charge in [0, 0.05) is 36.0 Å². The molecule has 5 rings (SSSR count). The lowest BCUT2D eigenvalue weighted by Gasteiger charge is -2.11. The van der Waals surface area contributed by atoms with Crippen LogP contribution in [0, 0.1) is 5.82 Å². The van der Waals surface area contributed by atoms with E-state index in [1.54, 1.807) is 72.8 Å². The molecule has 0 atom stereocenters. The van der Waals surface area contributed by atoms with Crippen LogP contribution in [0.25, 0.3) is 22.0 Å². The van der Waals surface area contributed by atoms with Gasteiger partial charge in [-0.3, -0.25) is 4.79 Å². The molecule has 0 fully saturated rings. The van der Waals surface area contributed by atoms with E-state index in [9.17, 15) is 14.0 Å². The van der Waals surface area contributed by atoms with Crippen LogP contribution < -0.4 is 10.2 Å². The third kappa shape index (κ3) is 5.90. The first-order valence-electron chi connectivity index (χ1n) is 11.6. The topological polar surface area (TPSA) is 83.5 Å². The second-order valence-corrected chi connectivity index (χ2v) is 11.5. The van der Waals surface area contributed by atoms with Crippen LogP contribution in [0.3, 0.4) is 0 Å². The second kappa shape index (κ2) is 12.1. The summed E-state index contributed by atoms with van der Waals surface area (Å²) in [5.41, 5.74) is 4.50. The van der Waals surface area contributed by atoms with Crippen LogP contribution in [0.2, 0.25) is 5.02 Å². The van der Waals surface area contributed by atoms with Gasteiger partial charge in [0.15, 0.2) is 5.75 Å². The van der Waals surface area contributed by atoms with E-state index < -0.39 is 17.7 Å². The number of hydrazone groups is 1. The highest BCUT2D eigenvalue weighted by molar-refractivity contribution is 9.11. The number of halogens is 5. The number of nitrogens with one attached hydrogen (secondary N) is 2. The van der Waals surface area contributed by atoms with E-state index in [-0.39, 0.29) is 17.0 Å². The average Bonchev–Trinajstić information content (AvgIpc) is 3.32. The molecule has 4 aromatic carbocycles. The number of nitrogens with zero attached hydrogens (tertiary/aromatic N) is 1. The van der Waals surface area contributed by atoms with Gasteiger partial charge in [-0.15, -0.1) is 0 Å². The molecule has 0 saturated heterocycles. The van der Waals surface area contributed by atoms with Crippen molar-refractivity contribution in [3.8, 4) is 16.9 Å². The molecule has 11 heteroatoms. The molecule has 0 saturated carbocycles. The van der Waals surface area contributed by atoms with Crippen LogP contribution in [-0.2, 0) is 0 Å². The van der Waals surface area contributed by atoms with E-state index in [1.165, 1.54) is 12.3 Å². The van der Waals surface area contributed by atoms with Crippen molar-refractivity contribution in [3.05, 3.63) is 120 Å². The van der Waals surface area contributed by atoms with Crippen LogP contribution in [0.5, 0.6) is 5.75 Å². The normalized spacial score (nSPS) is 11.2. The lowest BCUT2D eigenvalue weighted by atomic mass is 10.0. The zero-order valence-electron chi connectivity index (χ0n) is 20.1. The van der Waals surface area contributed by atoms with Crippen molar-refractivity contribution in [3.63, 3.8) is 0 Å². The first kappa shape index (κ1) is 28.2. The van der Waals surface area contributed by atoms with Gasteiger partial charge in [0.25, 0.3) is 5.91 Å². The predicted octanol–water partition coefficient (Wildman–Crippen LogP) is 8.90. The van der Waals surface area contributed by atoms with Crippen LogP contribution in [0.15, 0.2) is 97.4 Å². The number of carbonyl (C=O) groups excluding carboxylic acids is 2. The number of ether oxygens (including phenoxy) is 1. The molecule has 1 amide bonds. The third-order valence-electron chi connectivity index (χ3n) is 5.83. The molecule has 0 unspecified atom stereocenters. The van der Waals surface area contributed by atoms with Crippen LogP contribution in [0.4, 0.5) is 4.39 Å². The minimum Gasteiger partial charge on any atom is -0.421 e. The first-order valence-corrected chi connectivity index (χ1v) is 14.3. The molecule has 2 N–H and O–H groups in total. The lowest BCUT2D eigenvalue weighted by molar-refractivity contribution is 0.0732. The predicted molar refractivity (Wildman–Crippen MR) is 165 cm³/mol. The monoisotopic (exact) mass is 745 g/mol. The molecule has 6 nitrogen and oxygen atoms in total. The Balaban J connectivity index is 1.46. The van der Waals surface area contributed by atoms with Crippen LogP contribution in [0.1, 0.15) is 26.4 Å². The number of esters is 1. The van der Waals surface area contributed by atoms with Crippen molar-refractivity contribution in [2.45, 2.75) is 0 Å². The van der Waals surface area contributed by atoms with Crippen molar-refractivity contribution in [2.75, 3.05) is 0 Å². The van der Waals surface area contributed by atoms with E-state index in [1.807, 2.05) is 0 Å². The number of rotatable bonds is 6. The van der Waals surface area contributed by atoms with Gasteiger partial charge in [0.1, 0.15) is 11.5 Å². The van der Waals surface area contributed by atoms with Crippen LogP contribution >= 0.6 is 59.4 Å². The molecule has 1 aromatic heterocycles. The Labute approximate surface area is 258 Å². The van der Waals surface area contributed by atoms with Gasteiger partial charge >= 0.3 is 5.97 Å². The highest BCUT2D eigenvalue weighted by Crippen LogP contribution is 2.37. The maximum Gasteiger partial charge on any atom is 0.343 e. The van der Waals surface area contributed by atoms with Gasteiger partial charge in [0.05, 0.1) is 21.8 Å². The standard InChI is InChI=1S/C29H16Br3ClFN3O3/c30-17-10-8-15(9-11-17)29(39)40-27-16(12-18(31)13-21(27)32)14-35-37-28(38)26-24(19-4-1-2-6-22(19)33)20-5-3-7-23(34)25(20)36-26/h1-14,36H,(H,37,38). The van der Waals surface area contributed by atoms with Gasteiger partial charge in [-0.25, -0.2) is 14.6 Å². The SMILES string of the molecule is O=C(Oc1c(Br)cc(Br)cc1C=NNC(=O)c1[nH]c2c(F)cccc2c1-c1ccccc1Cl)c1ccc(Br)cc1. The highest BCUT2D eigenvalue weighted by Gasteiger charge is 2.22. The number of H-pyrrole nitrogens is 1. The molecule has 0 bridgehead atoms. The minimum absolute atomic E-state index is 0.0858. The summed E-state index contributed by atoms with van der Waals surface area (Å²) in [5.74, 6) is -1.49. The van der Waals surface area contributed by atoms with E-state index in [0.717, 1.165) is 4.47 Å². The zero-order chi connectivity index (χ0) is 28.4. The number of hydrogen-bond donors (Lipinski definition) is 2. The van der Waals surface area contributed by atoms with Gasteiger partial charge in [-0.2, -0.15) is 5.10 Å². The van der Waals surface area contributed by atoms with Crippen molar-refractivity contribution in [1.82, 2.24) is 10.4 Å². The number of para-hydroxylation sites is 1. The summed E-state index contributed by atoms with van der Waals surface area (Å²) in [6, 6.07) is 21.7. The summed E-state index contributed by atoms with van der Waals surface area (Å²) in [7, 11) is 0. The molecule has 200 valence electrons. The quantitative estimate of drug-likeness (QED) is 0.0788. The van der Waals surface area contributed by atoms with E-state index in [2.05, 4.69) is 63.3 Å². The number of amides is 1. The Bertz CT molecular complexity index is 1810. The number of hydrogen-bond acceptors (Lipinski definition) is 4. The fourth-order valence-electron chi connectivity index (χ4n) is 4.03. The summed E-state index contributed by atoms with van der Waals surface area (Å²) in [4.78, 5) is 28.9. The largest absolute Gasteiger partial charge is 0.421 e. The number of benzene rings is 4. The van der Waals surface area contributed by atoms with Gasteiger partial charge in [0.2, 0.25) is 0 Å². The van der Waals surface area contributed by atoms with Crippen molar-refractivity contribution in [2.24, 2.45) is 5.10 Å². The Morgan fingerprint density at radius 2 is 1.70 bits per heavy atom. The molecule has 40 heavy (non-hydrogen) atoms. The zero-order valence-corrected chi connectivity index (χ0v) is 25.7. The fourth-order valence-corrected chi connectivity index (χ4v) is 5.87. The van der Waals surface area contributed by atoms with E-state index in [0.29, 0.717) is 41.6 Å². The summed E-state index contributed by atoms with van der Waals surface area (Å²) in [5, 5.41) is 5.00. The van der Waals surface area contributed by atoms with Crippen molar-refractivity contribution >= 4 is 88.4 Å². The lowest BCUT2D eigenvalue weighted by Crippen LogP contribution is -2.19. The Kier molecular flexibility index (Phi) is 8.51. The second-order valence-electron chi connectivity index (χ2n) is 8.42. The number of aromatic amines is 1. The maximum atomic E-state index is 14.6. The summed E-state index contributed by atoms with van der Waals surface area (Å²) in [6.07, 6.45) is 1.34. The van der Waals surface area contributed by atoms with Crippen molar-refractivity contribution in [1.29, 1.82) is 0 Å². The van der Waals surface area contributed by atoms with Crippen molar-refractivity contribution < 1.29 is 18.7 Å². The molecule has 0 aliphatic carbocycles. The molecular weight excluding hydrogens is 733 g/mol. The molecule has 1 heterocycles. The Morgan fingerprint density at radius 3 is 2.45 bits per heavy atom. The molecule has 0 aliphatic rings. The average molecular weight is 749 g/mol. The van der Waals surface area contributed by atoms with Gasteiger partial charge in [-0.05, 0) is 64.5 Å². The number of aromatic nitrogens is 1. The maximum absolute atomic E-state index is 14.6. The smallest absolute Gasteiger partial charge is 0.343 e. The highest BCUT2D eigenvalue weighted by atomic mass is 79.9. The van der Waals surface area contributed by atoms with E-state index in [4.69, 9.17) is 16.3 Å². The summed E-state index contributed by atoms with van der Waals surface area (Å²) >= 11 is 16.6. The first-order chi connectivity index (χ1) is 19.2. The Morgan fingerprint density at radius 1 is 0.950 bits per heavy atom. The van der Waals surface area contributed by atoms with Gasteiger partial charge in [-0.1, -0.05) is 73.8 Å². The molecule has 5 aromatic rings. The van der Waals surface area contributed by atoms with E-state index >= 15 is 0 Å². The van der Waals surface area contributed by atoms with Gasteiger partial charge < -0.3 is 9.72 Å². The molecule has 0 aliphatic heterocycles. The van der Waals surface area contributed by atoms with Crippen LogP contribution in [-0.4, -0.2) is 23.1 Å². The molecule has 0 spiro atoms. The summed E-state index contributed by atoms with van der Waals surface area (Å²) in [6.45, 7) is 0. The Hall–Kier alpha value is -3.31. The third-order valence-corrected chi connectivity index (χ3v) is 7.74. The number of carbonyl (C=O) groups is 2. The summed E-state index contributed by atoms with van der Waals surface area (Å²) < 4.78 is 22.3. The number of fused-ring (bicyclic) bond motifs is 1.